The van der Waals surface area contributed by atoms with Crippen molar-refractivity contribution in [1.82, 2.24) is 0 Å². The van der Waals surface area contributed by atoms with Crippen molar-refractivity contribution in [3.63, 3.8) is 0 Å². The normalized spacial score (nSPS) is 10.2. The van der Waals surface area contributed by atoms with E-state index in [1.807, 2.05) is 0 Å². The molecule has 5 heteroatoms. The van der Waals surface area contributed by atoms with Crippen LogP contribution in [-0.4, -0.2) is 7.11 Å². The molecule has 0 aromatic heterocycles. The molecule has 2 rings (SSSR count). The molecule has 18 heavy (non-hydrogen) atoms. The highest BCUT2D eigenvalue weighted by Gasteiger charge is 2.08. The highest BCUT2D eigenvalue weighted by Crippen LogP contribution is 2.31. The summed E-state index contributed by atoms with van der Waals surface area (Å²) in [6.45, 7) is 0. The summed E-state index contributed by atoms with van der Waals surface area (Å²) >= 11 is 0. The van der Waals surface area contributed by atoms with E-state index in [2.05, 4.69) is 0 Å². The van der Waals surface area contributed by atoms with Crippen molar-refractivity contribution in [2.75, 3.05) is 12.8 Å². The standard InChI is InChI=1S/C13H11F2NO2/c1-17-13-7-9(3-5-11(13)16)18-12-6-8(14)2-4-10(12)15/h2-7H,16H2,1H3. The summed E-state index contributed by atoms with van der Waals surface area (Å²) < 4.78 is 36.6. The minimum absolute atomic E-state index is 0.193. The topological polar surface area (TPSA) is 44.5 Å². The second-order valence-corrected chi connectivity index (χ2v) is 3.58. The quantitative estimate of drug-likeness (QED) is 0.851. The number of halogens is 2. The maximum absolute atomic E-state index is 13.4. The summed E-state index contributed by atoms with van der Waals surface area (Å²) in [4.78, 5) is 0. The summed E-state index contributed by atoms with van der Waals surface area (Å²) in [5, 5.41) is 0. The van der Waals surface area contributed by atoms with Gasteiger partial charge in [-0.2, -0.15) is 0 Å². The van der Waals surface area contributed by atoms with Gasteiger partial charge < -0.3 is 15.2 Å². The number of benzene rings is 2. The number of anilines is 1. The van der Waals surface area contributed by atoms with Crippen LogP contribution in [0.15, 0.2) is 36.4 Å². The molecule has 0 fully saturated rings. The number of rotatable bonds is 3. The Balaban J connectivity index is 2.31. The molecule has 94 valence electrons. The Hall–Kier alpha value is -2.30. The first-order chi connectivity index (χ1) is 8.60. The lowest BCUT2D eigenvalue weighted by atomic mass is 10.2. The summed E-state index contributed by atoms with van der Waals surface area (Å²) in [5.41, 5.74) is 6.07. The Morgan fingerprint density at radius 1 is 1.00 bits per heavy atom. The van der Waals surface area contributed by atoms with Gasteiger partial charge in [-0.05, 0) is 24.3 Å². The molecule has 0 unspecified atom stereocenters. The SMILES string of the molecule is COc1cc(Oc2cc(F)ccc2F)ccc1N. The first-order valence-corrected chi connectivity index (χ1v) is 5.16. The molecule has 2 aromatic carbocycles. The third kappa shape index (κ3) is 2.51. The maximum atomic E-state index is 13.4. The van der Waals surface area contributed by atoms with E-state index in [0.717, 1.165) is 18.2 Å². The summed E-state index contributed by atoms with van der Waals surface area (Å²) in [5.74, 6) is -0.697. The molecule has 0 bridgehead atoms. The molecule has 3 nitrogen and oxygen atoms in total. The van der Waals surface area contributed by atoms with Crippen LogP contribution >= 0.6 is 0 Å². The second-order valence-electron chi connectivity index (χ2n) is 3.58. The lowest BCUT2D eigenvalue weighted by molar-refractivity contribution is 0.406. The zero-order valence-corrected chi connectivity index (χ0v) is 9.61. The van der Waals surface area contributed by atoms with Gasteiger partial charge in [-0.15, -0.1) is 0 Å². The first-order valence-electron chi connectivity index (χ1n) is 5.16. The third-order valence-electron chi connectivity index (χ3n) is 2.33. The van der Waals surface area contributed by atoms with E-state index in [0.29, 0.717) is 17.2 Å². The molecule has 0 heterocycles. The van der Waals surface area contributed by atoms with Crippen LogP contribution in [0.1, 0.15) is 0 Å². The zero-order chi connectivity index (χ0) is 13.1. The van der Waals surface area contributed by atoms with Crippen molar-refractivity contribution >= 4 is 5.69 Å². The van der Waals surface area contributed by atoms with Crippen LogP contribution in [0.5, 0.6) is 17.2 Å². The van der Waals surface area contributed by atoms with Crippen molar-refractivity contribution in [3.8, 4) is 17.2 Å². The van der Waals surface area contributed by atoms with Gasteiger partial charge in [0.25, 0.3) is 0 Å². The second kappa shape index (κ2) is 4.91. The van der Waals surface area contributed by atoms with E-state index in [1.54, 1.807) is 12.1 Å². The molecular weight excluding hydrogens is 240 g/mol. The Labute approximate surface area is 103 Å². The van der Waals surface area contributed by atoms with Crippen molar-refractivity contribution in [2.45, 2.75) is 0 Å². The fraction of sp³-hybridized carbons (Fsp3) is 0.0769. The highest BCUT2D eigenvalue weighted by molar-refractivity contribution is 5.56. The number of ether oxygens (including phenoxy) is 2. The lowest BCUT2D eigenvalue weighted by Crippen LogP contribution is -1.94. The van der Waals surface area contributed by atoms with Crippen LogP contribution < -0.4 is 15.2 Å². The molecule has 0 aliphatic carbocycles. The molecule has 0 aliphatic heterocycles. The van der Waals surface area contributed by atoms with Gasteiger partial charge >= 0.3 is 0 Å². The first kappa shape index (κ1) is 12.2. The van der Waals surface area contributed by atoms with Gasteiger partial charge in [-0.3, -0.25) is 0 Å². The van der Waals surface area contributed by atoms with Crippen molar-refractivity contribution in [2.24, 2.45) is 0 Å². The Morgan fingerprint density at radius 3 is 2.50 bits per heavy atom. The molecule has 0 amide bonds. The van der Waals surface area contributed by atoms with Crippen molar-refractivity contribution < 1.29 is 18.3 Å². The Bertz CT molecular complexity index is 573. The van der Waals surface area contributed by atoms with Gasteiger partial charge in [-0.25, -0.2) is 8.78 Å². The fourth-order valence-electron chi connectivity index (χ4n) is 1.44. The summed E-state index contributed by atoms with van der Waals surface area (Å²) in [6.07, 6.45) is 0. The van der Waals surface area contributed by atoms with Gasteiger partial charge in [0.15, 0.2) is 11.6 Å². The van der Waals surface area contributed by atoms with Crippen LogP contribution in [0.3, 0.4) is 0 Å². The van der Waals surface area contributed by atoms with E-state index >= 15 is 0 Å². The van der Waals surface area contributed by atoms with E-state index < -0.39 is 11.6 Å². The molecular formula is C13H11F2NO2. The van der Waals surface area contributed by atoms with E-state index in [1.165, 1.54) is 13.2 Å². The van der Waals surface area contributed by atoms with E-state index in [4.69, 9.17) is 15.2 Å². The van der Waals surface area contributed by atoms with Crippen LogP contribution in [0.4, 0.5) is 14.5 Å². The molecule has 0 spiro atoms. The van der Waals surface area contributed by atoms with Crippen LogP contribution in [0.2, 0.25) is 0 Å². The number of nitrogens with two attached hydrogens (primary N) is 1. The van der Waals surface area contributed by atoms with Crippen LogP contribution in [0, 0.1) is 11.6 Å². The minimum Gasteiger partial charge on any atom is -0.494 e. The molecule has 0 saturated heterocycles. The van der Waals surface area contributed by atoms with E-state index in [9.17, 15) is 8.78 Å². The maximum Gasteiger partial charge on any atom is 0.165 e. The average Bonchev–Trinajstić information content (AvgIpc) is 2.36. The number of hydrogen-bond donors (Lipinski definition) is 1. The molecule has 0 saturated carbocycles. The zero-order valence-electron chi connectivity index (χ0n) is 9.61. The smallest absolute Gasteiger partial charge is 0.165 e. The Morgan fingerprint density at radius 2 is 1.78 bits per heavy atom. The predicted octanol–water partition coefficient (Wildman–Crippen LogP) is 3.35. The van der Waals surface area contributed by atoms with Gasteiger partial charge in [0, 0.05) is 12.1 Å². The Kier molecular flexibility index (Phi) is 3.32. The predicted molar refractivity (Wildman–Crippen MR) is 63.8 cm³/mol. The molecule has 2 aromatic rings. The molecule has 0 atom stereocenters. The molecule has 0 radical (unpaired) electrons. The van der Waals surface area contributed by atoms with Gasteiger partial charge in [0.2, 0.25) is 0 Å². The monoisotopic (exact) mass is 251 g/mol. The summed E-state index contributed by atoms with van der Waals surface area (Å²) in [6, 6.07) is 7.59. The molecule has 2 N–H and O–H groups in total. The third-order valence-corrected chi connectivity index (χ3v) is 2.33. The highest BCUT2D eigenvalue weighted by atomic mass is 19.1. The average molecular weight is 251 g/mol. The van der Waals surface area contributed by atoms with Gasteiger partial charge in [0.05, 0.1) is 12.8 Å². The minimum atomic E-state index is -0.646. The van der Waals surface area contributed by atoms with Gasteiger partial charge in [0.1, 0.15) is 17.3 Å². The number of hydrogen-bond acceptors (Lipinski definition) is 3. The fourth-order valence-corrected chi connectivity index (χ4v) is 1.44. The van der Waals surface area contributed by atoms with Crippen molar-refractivity contribution in [3.05, 3.63) is 48.0 Å². The largest absolute Gasteiger partial charge is 0.494 e. The van der Waals surface area contributed by atoms with E-state index in [-0.39, 0.29) is 5.75 Å². The van der Waals surface area contributed by atoms with Gasteiger partial charge in [-0.1, -0.05) is 0 Å². The summed E-state index contributed by atoms with van der Waals surface area (Å²) in [7, 11) is 1.46. The lowest BCUT2D eigenvalue weighted by Gasteiger charge is -2.09. The van der Waals surface area contributed by atoms with Crippen molar-refractivity contribution in [1.29, 1.82) is 0 Å². The van der Waals surface area contributed by atoms with Crippen LogP contribution in [-0.2, 0) is 0 Å². The number of methoxy groups -OCH3 is 1. The van der Waals surface area contributed by atoms with Crippen LogP contribution in [0.25, 0.3) is 0 Å². The number of nitrogen functional groups attached to an aromatic ring is 1. The molecule has 0 aliphatic rings.